The molecule has 0 saturated carbocycles. The molecular weight excluding hydrogens is 400 g/mol. The molecule has 1 aliphatic heterocycles. The van der Waals surface area contributed by atoms with E-state index in [2.05, 4.69) is 10.1 Å². The predicted octanol–water partition coefficient (Wildman–Crippen LogP) is 3.73. The van der Waals surface area contributed by atoms with Crippen LogP contribution in [-0.2, 0) is 14.3 Å². The molecule has 2 aromatic rings. The summed E-state index contributed by atoms with van der Waals surface area (Å²) in [4.78, 5) is 38.2. The lowest BCUT2D eigenvalue weighted by atomic mass is 10.1. The molecule has 2 amide bonds. The largest absolute Gasteiger partial charge is 0.465 e. The van der Waals surface area contributed by atoms with Gasteiger partial charge in [0.15, 0.2) is 0 Å². The second-order valence-corrected chi connectivity index (χ2v) is 7.79. The molecule has 0 radical (unpaired) electrons. The molecule has 6 nitrogen and oxygen atoms in total. The maximum atomic E-state index is 12.8. The molecule has 2 aromatic carbocycles. The van der Waals surface area contributed by atoms with Gasteiger partial charge in [-0.25, -0.2) is 4.79 Å². The van der Waals surface area contributed by atoms with E-state index in [0.29, 0.717) is 22.0 Å². The lowest BCUT2D eigenvalue weighted by Crippen LogP contribution is -2.44. The number of thioether (sulfide) groups is 1. The third-order valence-corrected chi connectivity index (χ3v) is 5.97. The third-order valence-electron chi connectivity index (χ3n) is 4.40. The van der Waals surface area contributed by atoms with Gasteiger partial charge >= 0.3 is 5.97 Å². The summed E-state index contributed by atoms with van der Waals surface area (Å²) in [6, 6.07) is 13.1. The second-order valence-electron chi connectivity index (χ2n) is 6.24. The molecule has 146 valence electrons. The van der Waals surface area contributed by atoms with Gasteiger partial charge in [-0.3, -0.25) is 9.59 Å². The number of anilines is 1. The first-order valence-electron chi connectivity index (χ1n) is 8.56. The summed E-state index contributed by atoms with van der Waals surface area (Å²) >= 11 is 7.48. The Kier molecular flexibility index (Phi) is 6.26. The van der Waals surface area contributed by atoms with E-state index in [1.165, 1.54) is 25.8 Å². The second kappa shape index (κ2) is 8.67. The number of esters is 1. The maximum absolute atomic E-state index is 12.8. The lowest BCUT2D eigenvalue weighted by Gasteiger charge is -2.28. The van der Waals surface area contributed by atoms with Crippen LogP contribution in [0.15, 0.2) is 48.5 Å². The molecule has 28 heavy (non-hydrogen) atoms. The van der Waals surface area contributed by atoms with E-state index in [-0.39, 0.29) is 17.2 Å². The molecule has 1 saturated heterocycles. The summed E-state index contributed by atoms with van der Waals surface area (Å²) in [6.07, 6.45) is 0. The smallest absolute Gasteiger partial charge is 0.337 e. The molecule has 0 aromatic heterocycles. The predicted molar refractivity (Wildman–Crippen MR) is 109 cm³/mol. The topological polar surface area (TPSA) is 75.7 Å². The third kappa shape index (κ3) is 4.31. The lowest BCUT2D eigenvalue weighted by molar-refractivity contribution is -0.136. The van der Waals surface area contributed by atoms with Gasteiger partial charge in [0.25, 0.3) is 0 Å². The number of ether oxygens (including phenoxy) is 1. The van der Waals surface area contributed by atoms with Crippen LogP contribution in [0.4, 0.5) is 5.69 Å². The van der Waals surface area contributed by atoms with Gasteiger partial charge in [-0.1, -0.05) is 23.7 Å². The van der Waals surface area contributed by atoms with Crippen LogP contribution < -0.4 is 5.32 Å². The fraction of sp³-hybridized carbons (Fsp3) is 0.250. The first kappa shape index (κ1) is 20.2. The van der Waals surface area contributed by atoms with Crippen LogP contribution in [0.5, 0.6) is 0 Å². The molecular formula is C20H19ClN2O4S. The van der Waals surface area contributed by atoms with Crippen molar-refractivity contribution < 1.29 is 19.1 Å². The first-order valence-corrected chi connectivity index (χ1v) is 9.98. The monoisotopic (exact) mass is 418 g/mol. The summed E-state index contributed by atoms with van der Waals surface area (Å²) in [6.45, 7) is 1.46. The molecule has 1 fully saturated rings. The van der Waals surface area contributed by atoms with Crippen molar-refractivity contribution in [2.75, 3.05) is 18.2 Å². The van der Waals surface area contributed by atoms with Crippen molar-refractivity contribution in [3.63, 3.8) is 0 Å². The van der Waals surface area contributed by atoms with Gasteiger partial charge in [-0.15, -0.1) is 11.8 Å². The highest BCUT2D eigenvalue weighted by Gasteiger charge is 2.40. The summed E-state index contributed by atoms with van der Waals surface area (Å²) < 4.78 is 4.66. The minimum Gasteiger partial charge on any atom is -0.465 e. The standard InChI is InChI=1S/C20H19ClN2O4S/c1-12(24)23-17(11-28-19(23)13-3-7-15(21)8-4-13)18(25)22-16-9-5-14(6-10-16)20(26)27-2/h3-10,17,19H,11H2,1-2H3,(H,22,25). The molecule has 1 N–H and O–H groups in total. The first-order chi connectivity index (χ1) is 13.4. The van der Waals surface area contributed by atoms with E-state index in [1.54, 1.807) is 41.3 Å². The Balaban J connectivity index is 1.74. The molecule has 2 unspecified atom stereocenters. The molecule has 1 aliphatic rings. The van der Waals surface area contributed by atoms with Gasteiger partial charge in [0.1, 0.15) is 11.4 Å². The fourth-order valence-electron chi connectivity index (χ4n) is 3.01. The average molecular weight is 419 g/mol. The number of amides is 2. The molecule has 0 bridgehead atoms. The zero-order valence-electron chi connectivity index (χ0n) is 15.3. The van der Waals surface area contributed by atoms with E-state index < -0.39 is 12.0 Å². The number of benzene rings is 2. The number of rotatable bonds is 4. The highest BCUT2D eigenvalue weighted by atomic mass is 35.5. The van der Waals surface area contributed by atoms with E-state index in [4.69, 9.17) is 11.6 Å². The molecule has 2 atom stereocenters. The van der Waals surface area contributed by atoms with Crippen molar-refractivity contribution >= 4 is 46.8 Å². The van der Waals surface area contributed by atoms with Crippen molar-refractivity contribution in [1.29, 1.82) is 0 Å². The molecule has 1 heterocycles. The molecule has 0 spiro atoms. The Labute approximate surface area is 172 Å². The minimum atomic E-state index is -0.594. The molecule has 3 rings (SSSR count). The highest BCUT2D eigenvalue weighted by molar-refractivity contribution is 7.99. The summed E-state index contributed by atoms with van der Waals surface area (Å²) in [5, 5.41) is 3.19. The number of carbonyl (C=O) groups excluding carboxylic acids is 3. The van der Waals surface area contributed by atoms with Crippen molar-refractivity contribution in [3.05, 3.63) is 64.7 Å². The van der Waals surface area contributed by atoms with Crippen molar-refractivity contribution in [3.8, 4) is 0 Å². The van der Waals surface area contributed by atoms with Gasteiger partial charge in [0, 0.05) is 23.4 Å². The zero-order chi connectivity index (χ0) is 20.3. The minimum absolute atomic E-state index is 0.175. The number of hydrogen-bond acceptors (Lipinski definition) is 5. The van der Waals surface area contributed by atoms with Crippen LogP contribution in [0, 0.1) is 0 Å². The Bertz CT molecular complexity index is 886. The Hall–Kier alpha value is -2.51. The van der Waals surface area contributed by atoms with Crippen molar-refractivity contribution in [1.82, 2.24) is 4.90 Å². The van der Waals surface area contributed by atoms with E-state index in [1.807, 2.05) is 12.1 Å². The molecule has 0 aliphatic carbocycles. The van der Waals surface area contributed by atoms with E-state index in [0.717, 1.165) is 5.56 Å². The molecule has 8 heteroatoms. The number of nitrogens with one attached hydrogen (secondary N) is 1. The fourth-order valence-corrected chi connectivity index (χ4v) is 4.62. The average Bonchev–Trinajstić information content (AvgIpc) is 3.14. The van der Waals surface area contributed by atoms with Crippen LogP contribution in [0.25, 0.3) is 0 Å². The van der Waals surface area contributed by atoms with Gasteiger partial charge in [-0.2, -0.15) is 0 Å². The summed E-state index contributed by atoms with van der Waals surface area (Å²) in [5.41, 5.74) is 1.86. The number of methoxy groups -OCH3 is 1. The van der Waals surface area contributed by atoms with Gasteiger partial charge in [-0.05, 0) is 42.0 Å². The number of carbonyl (C=O) groups is 3. The van der Waals surface area contributed by atoms with Crippen LogP contribution in [0.2, 0.25) is 5.02 Å². The quantitative estimate of drug-likeness (QED) is 0.765. The maximum Gasteiger partial charge on any atom is 0.337 e. The van der Waals surface area contributed by atoms with E-state index in [9.17, 15) is 14.4 Å². The number of nitrogens with zero attached hydrogens (tertiary/aromatic N) is 1. The SMILES string of the molecule is COC(=O)c1ccc(NC(=O)C2CSC(c3ccc(Cl)cc3)N2C(C)=O)cc1. The van der Waals surface area contributed by atoms with Gasteiger partial charge < -0.3 is 15.0 Å². The summed E-state index contributed by atoms with van der Waals surface area (Å²) in [5.74, 6) is -0.409. The number of hydrogen-bond donors (Lipinski definition) is 1. The van der Waals surface area contributed by atoms with Crippen LogP contribution >= 0.6 is 23.4 Å². The van der Waals surface area contributed by atoms with Crippen LogP contribution in [0.3, 0.4) is 0 Å². The van der Waals surface area contributed by atoms with Crippen LogP contribution in [0.1, 0.15) is 28.2 Å². The van der Waals surface area contributed by atoms with E-state index >= 15 is 0 Å². The Morgan fingerprint density at radius 2 is 1.75 bits per heavy atom. The summed E-state index contributed by atoms with van der Waals surface area (Å²) in [7, 11) is 1.31. The van der Waals surface area contributed by atoms with Crippen molar-refractivity contribution in [2.24, 2.45) is 0 Å². The van der Waals surface area contributed by atoms with Gasteiger partial charge in [0.05, 0.1) is 12.7 Å². The van der Waals surface area contributed by atoms with Crippen molar-refractivity contribution in [2.45, 2.75) is 18.3 Å². The van der Waals surface area contributed by atoms with Gasteiger partial charge in [0.2, 0.25) is 11.8 Å². The Morgan fingerprint density at radius 1 is 1.11 bits per heavy atom. The zero-order valence-corrected chi connectivity index (χ0v) is 16.9. The highest BCUT2D eigenvalue weighted by Crippen LogP contribution is 2.41. The normalized spacial score (nSPS) is 18.6. The van der Waals surface area contributed by atoms with Crippen LogP contribution in [-0.4, -0.2) is 41.6 Å². The number of halogens is 1. The Morgan fingerprint density at radius 3 is 2.32 bits per heavy atom.